The van der Waals surface area contributed by atoms with Gasteiger partial charge in [-0.15, -0.1) is 0 Å². The molecule has 1 atom stereocenters. The van der Waals surface area contributed by atoms with Gasteiger partial charge in [-0.1, -0.05) is 29.8 Å². The van der Waals surface area contributed by atoms with Crippen LogP contribution in [-0.2, 0) is 11.3 Å². The predicted molar refractivity (Wildman–Crippen MR) is 75.7 cm³/mol. The molecule has 3 rings (SSSR count). The fraction of sp³-hybridized carbons (Fsp3) is 0.562. The minimum absolute atomic E-state index is 0.199. The van der Waals surface area contributed by atoms with Crippen molar-refractivity contribution in [3.8, 4) is 0 Å². The Morgan fingerprint density at radius 1 is 1.37 bits per heavy atom. The number of aryl methyl sites for hydroxylation is 1. The Morgan fingerprint density at radius 2 is 2.21 bits per heavy atom. The molecule has 1 aromatic rings. The molecule has 1 saturated heterocycles. The number of amides is 1. The van der Waals surface area contributed by atoms with Crippen molar-refractivity contribution >= 4 is 5.91 Å². The molecule has 1 heterocycles. The van der Waals surface area contributed by atoms with Crippen molar-refractivity contribution in [3.63, 3.8) is 0 Å². The van der Waals surface area contributed by atoms with Crippen molar-refractivity contribution in [1.82, 2.24) is 10.2 Å². The highest BCUT2D eigenvalue weighted by Gasteiger charge is 2.31. The van der Waals surface area contributed by atoms with Gasteiger partial charge in [0.05, 0.1) is 5.92 Å². The van der Waals surface area contributed by atoms with E-state index in [2.05, 4.69) is 41.4 Å². The monoisotopic (exact) mass is 258 g/mol. The summed E-state index contributed by atoms with van der Waals surface area (Å²) >= 11 is 0. The van der Waals surface area contributed by atoms with Crippen molar-refractivity contribution in [2.75, 3.05) is 13.1 Å². The molecule has 3 heteroatoms. The van der Waals surface area contributed by atoms with Gasteiger partial charge in [-0.05, 0) is 38.3 Å². The van der Waals surface area contributed by atoms with Gasteiger partial charge in [-0.25, -0.2) is 0 Å². The molecule has 0 radical (unpaired) electrons. The van der Waals surface area contributed by atoms with Gasteiger partial charge in [0.2, 0.25) is 5.91 Å². The van der Waals surface area contributed by atoms with Crippen LogP contribution < -0.4 is 5.32 Å². The normalized spacial score (nSPS) is 23.5. The Bertz CT molecular complexity index is 468. The van der Waals surface area contributed by atoms with E-state index in [1.54, 1.807) is 0 Å². The molecular weight excluding hydrogens is 236 g/mol. The summed E-state index contributed by atoms with van der Waals surface area (Å²) in [6.45, 7) is 5.04. The number of carbonyl (C=O) groups is 1. The summed E-state index contributed by atoms with van der Waals surface area (Å²) in [5.41, 5.74) is 2.66. The summed E-state index contributed by atoms with van der Waals surface area (Å²) in [5, 5.41) is 3.12. The van der Waals surface area contributed by atoms with E-state index in [0.717, 1.165) is 26.1 Å². The maximum absolute atomic E-state index is 12.0. The third-order valence-corrected chi connectivity index (χ3v) is 4.06. The lowest BCUT2D eigenvalue weighted by Crippen LogP contribution is -2.34. The Labute approximate surface area is 115 Å². The van der Waals surface area contributed by atoms with Crippen LogP contribution in [0, 0.1) is 12.8 Å². The smallest absolute Gasteiger partial charge is 0.224 e. The SMILES string of the molecule is Cc1cccc(CN2CCC(C(=O)NC3CC3)C2)c1. The summed E-state index contributed by atoms with van der Waals surface area (Å²) < 4.78 is 0. The first-order valence-electron chi connectivity index (χ1n) is 7.29. The number of rotatable bonds is 4. The van der Waals surface area contributed by atoms with E-state index in [9.17, 15) is 4.79 Å². The molecule has 2 aliphatic rings. The molecule has 102 valence electrons. The molecule has 1 N–H and O–H groups in total. The fourth-order valence-electron chi connectivity index (χ4n) is 2.81. The van der Waals surface area contributed by atoms with Gasteiger partial charge in [0.25, 0.3) is 0 Å². The second kappa shape index (κ2) is 5.33. The lowest BCUT2D eigenvalue weighted by atomic mass is 10.1. The molecule has 1 amide bonds. The molecule has 0 bridgehead atoms. The lowest BCUT2D eigenvalue weighted by molar-refractivity contribution is -0.124. The molecule has 1 saturated carbocycles. The maximum Gasteiger partial charge on any atom is 0.224 e. The second-order valence-electron chi connectivity index (χ2n) is 5.99. The van der Waals surface area contributed by atoms with E-state index in [-0.39, 0.29) is 11.8 Å². The van der Waals surface area contributed by atoms with E-state index in [1.165, 1.54) is 24.0 Å². The van der Waals surface area contributed by atoms with Crippen LogP contribution in [0.4, 0.5) is 0 Å². The number of nitrogens with zero attached hydrogens (tertiary/aromatic N) is 1. The molecule has 1 aromatic carbocycles. The molecule has 0 aromatic heterocycles. The van der Waals surface area contributed by atoms with Gasteiger partial charge >= 0.3 is 0 Å². The van der Waals surface area contributed by atoms with Gasteiger partial charge < -0.3 is 5.32 Å². The van der Waals surface area contributed by atoms with Gasteiger partial charge in [-0.2, -0.15) is 0 Å². The van der Waals surface area contributed by atoms with Gasteiger partial charge in [-0.3, -0.25) is 9.69 Å². The average Bonchev–Trinajstić information content (AvgIpc) is 3.06. The number of hydrogen-bond acceptors (Lipinski definition) is 2. The first-order valence-corrected chi connectivity index (χ1v) is 7.29. The fourth-order valence-corrected chi connectivity index (χ4v) is 2.81. The number of benzene rings is 1. The molecule has 2 fully saturated rings. The summed E-state index contributed by atoms with van der Waals surface area (Å²) in [6, 6.07) is 9.12. The van der Waals surface area contributed by atoms with E-state index in [0.29, 0.717) is 6.04 Å². The van der Waals surface area contributed by atoms with Crippen molar-refractivity contribution in [3.05, 3.63) is 35.4 Å². The highest BCUT2D eigenvalue weighted by Crippen LogP contribution is 2.23. The highest BCUT2D eigenvalue weighted by molar-refractivity contribution is 5.79. The number of carbonyl (C=O) groups excluding carboxylic acids is 1. The van der Waals surface area contributed by atoms with Crippen LogP contribution in [0.5, 0.6) is 0 Å². The van der Waals surface area contributed by atoms with Gasteiger partial charge in [0.15, 0.2) is 0 Å². The number of likely N-dealkylation sites (tertiary alicyclic amines) is 1. The zero-order valence-electron chi connectivity index (χ0n) is 11.6. The zero-order chi connectivity index (χ0) is 13.2. The van der Waals surface area contributed by atoms with E-state index < -0.39 is 0 Å². The van der Waals surface area contributed by atoms with Crippen LogP contribution >= 0.6 is 0 Å². The Morgan fingerprint density at radius 3 is 2.95 bits per heavy atom. The van der Waals surface area contributed by atoms with Crippen LogP contribution in [0.2, 0.25) is 0 Å². The molecule has 1 aliphatic heterocycles. The van der Waals surface area contributed by atoms with Gasteiger partial charge in [0.1, 0.15) is 0 Å². The zero-order valence-corrected chi connectivity index (χ0v) is 11.6. The number of nitrogens with one attached hydrogen (secondary N) is 1. The van der Waals surface area contributed by atoms with Crippen molar-refractivity contribution in [2.24, 2.45) is 5.92 Å². The average molecular weight is 258 g/mol. The van der Waals surface area contributed by atoms with Gasteiger partial charge in [0, 0.05) is 19.1 Å². The Hall–Kier alpha value is -1.35. The molecule has 3 nitrogen and oxygen atoms in total. The van der Waals surface area contributed by atoms with E-state index in [1.807, 2.05) is 0 Å². The largest absolute Gasteiger partial charge is 0.353 e. The molecule has 1 aliphatic carbocycles. The first-order chi connectivity index (χ1) is 9.20. The lowest BCUT2D eigenvalue weighted by Gasteiger charge is -2.16. The van der Waals surface area contributed by atoms with Crippen molar-refractivity contribution < 1.29 is 4.79 Å². The second-order valence-corrected chi connectivity index (χ2v) is 5.99. The van der Waals surface area contributed by atoms with Crippen LogP contribution in [0.1, 0.15) is 30.4 Å². The minimum Gasteiger partial charge on any atom is -0.353 e. The molecular formula is C16H22N2O. The van der Waals surface area contributed by atoms with E-state index in [4.69, 9.17) is 0 Å². The molecule has 1 unspecified atom stereocenters. The third kappa shape index (κ3) is 3.35. The predicted octanol–water partition coefficient (Wildman–Crippen LogP) is 2.10. The maximum atomic E-state index is 12.0. The van der Waals surface area contributed by atoms with Crippen LogP contribution in [0.25, 0.3) is 0 Å². The van der Waals surface area contributed by atoms with Crippen molar-refractivity contribution in [2.45, 2.75) is 38.8 Å². The van der Waals surface area contributed by atoms with Crippen LogP contribution in [-0.4, -0.2) is 29.9 Å². The summed E-state index contributed by atoms with van der Waals surface area (Å²) in [7, 11) is 0. The standard InChI is InChI=1S/C16H22N2O/c1-12-3-2-4-13(9-12)10-18-8-7-14(11-18)16(19)17-15-5-6-15/h2-4,9,14-15H,5-8,10-11H2,1H3,(H,17,19). The molecule has 19 heavy (non-hydrogen) atoms. The number of hydrogen-bond donors (Lipinski definition) is 1. The summed E-state index contributed by atoms with van der Waals surface area (Å²) in [5.74, 6) is 0.472. The van der Waals surface area contributed by atoms with E-state index >= 15 is 0 Å². The third-order valence-electron chi connectivity index (χ3n) is 4.06. The molecule has 0 spiro atoms. The Balaban J connectivity index is 1.52. The summed E-state index contributed by atoms with van der Waals surface area (Å²) in [4.78, 5) is 14.4. The first kappa shape index (κ1) is 12.7. The quantitative estimate of drug-likeness (QED) is 0.897. The van der Waals surface area contributed by atoms with Crippen LogP contribution in [0.3, 0.4) is 0 Å². The highest BCUT2D eigenvalue weighted by atomic mass is 16.2. The topological polar surface area (TPSA) is 32.3 Å². The van der Waals surface area contributed by atoms with Crippen molar-refractivity contribution in [1.29, 1.82) is 0 Å². The minimum atomic E-state index is 0.199. The Kier molecular flexibility index (Phi) is 3.56. The summed E-state index contributed by atoms with van der Waals surface area (Å²) in [6.07, 6.45) is 3.35. The van der Waals surface area contributed by atoms with Crippen LogP contribution in [0.15, 0.2) is 24.3 Å².